The largest absolute Gasteiger partial charge is 0.392 e. The lowest BCUT2D eigenvalue weighted by Gasteiger charge is -2.32. The monoisotopic (exact) mass is 292 g/mol. The van der Waals surface area contributed by atoms with E-state index in [0.29, 0.717) is 23.2 Å². The van der Waals surface area contributed by atoms with Gasteiger partial charge in [0.1, 0.15) is 5.69 Å². The van der Waals surface area contributed by atoms with Crippen LogP contribution in [0.4, 0.5) is 11.4 Å². The van der Waals surface area contributed by atoms with Crippen molar-refractivity contribution in [2.45, 2.75) is 52.2 Å². The second-order valence-corrected chi connectivity index (χ2v) is 6.22. The van der Waals surface area contributed by atoms with E-state index in [4.69, 9.17) is 0 Å². The van der Waals surface area contributed by atoms with Crippen LogP contribution in [0, 0.1) is 16.0 Å². The first-order valence-corrected chi connectivity index (χ1v) is 7.67. The number of aliphatic hydroxyl groups is 1. The number of aliphatic hydroxyl groups excluding tert-OH is 1. The van der Waals surface area contributed by atoms with Gasteiger partial charge < -0.3 is 10.0 Å². The van der Waals surface area contributed by atoms with Crippen molar-refractivity contribution < 1.29 is 10.0 Å². The van der Waals surface area contributed by atoms with E-state index in [1.54, 1.807) is 12.1 Å². The number of nitro groups is 1. The Morgan fingerprint density at radius 2 is 2.05 bits per heavy atom. The van der Waals surface area contributed by atoms with E-state index >= 15 is 0 Å². The highest BCUT2D eigenvalue weighted by molar-refractivity contribution is 5.65. The fraction of sp³-hybridized carbons (Fsp3) is 0.625. The zero-order valence-electron chi connectivity index (χ0n) is 12.8. The Hall–Kier alpha value is -1.62. The molecule has 0 aliphatic heterocycles. The average molecular weight is 292 g/mol. The normalized spacial score (nSPS) is 15.6. The van der Waals surface area contributed by atoms with Gasteiger partial charge in [0.2, 0.25) is 0 Å². The van der Waals surface area contributed by atoms with Crippen LogP contribution < -0.4 is 4.90 Å². The lowest BCUT2D eigenvalue weighted by molar-refractivity contribution is -0.384. The van der Waals surface area contributed by atoms with E-state index in [2.05, 4.69) is 18.7 Å². The van der Waals surface area contributed by atoms with E-state index in [1.807, 2.05) is 0 Å². The minimum absolute atomic E-state index is 0.106. The van der Waals surface area contributed by atoms with Crippen LogP contribution in [-0.4, -0.2) is 22.6 Å². The minimum atomic E-state index is -0.337. The quantitative estimate of drug-likeness (QED) is 0.644. The molecule has 2 rings (SSSR count). The van der Waals surface area contributed by atoms with E-state index in [1.165, 1.54) is 18.9 Å². The maximum Gasteiger partial charge on any atom is 0.292 e. The van der Waals surface area contributed by atoms with Gasteiger partial charge in [-0.25, -0.2) is 0 Å². The van der Waals surface area contributed by atoms with Crippen molar-refractivity contribution in [3.8, 4) is 0 Å². The summed E-state index contributed by atoms with van der Waals surface area (Å²) < 4.78 is 0. The van der Waals surface area contributed by atoms with E-state index < -0.39 is 0 Å². The lowest BCUT2D eigenvalue weighted by atomic mass is 10.1. The summed E-state index contributed by atoms with van der Waals surface area (Å²) >= 11 is 0. The molecule has 116 valence electrons. The number of anilines is 1. The van der Waals surface area contributed by atoms with Crippen LogP contribution in [0.1, 0.15) is 45.1 Å². The highest BCUT2D eigenvalue weighted by Gasteiger charge is 2.28. The SMILES string of the molecule is CC(C)CN(c1ccc(CO)cc1[N+](=O)[O-])C1CCCC1. The number of benzene rings is 1. The van der Waals surface area contributed by atoms with Crippen molar-refractivity contribution in [3.05, 3.63) is 33.9 Å². The van der Waals surface area contributed by atoms with Gasteiger partial charge in [0.25, 0.3) is 5.69 Å². The fourth-order valence-corrected chi connectivity index (χ4v) is 3.11. The third-order valence-corrected chi connectivity index (χ3v) is 4.06. The van der Waals surface area contributed by atoms with Crippen molar-refractivity contribution in [2.75, 3.05) is 11.4 Å². The molecule has 0 bridgehead atoms. The van der Waals surface area contributed by atoms with Gasteiger partial charge in [0.05, 0.1) is 11.5 Å². The molecule has 1 aliphatic rings. The van der Waals surface area contributed by atoms with Gasteiger partial charge in [-0.2, -0.15) is 0 Å². The molecule has 0 heterocycles. The molecule has 1 N–H and O–H groups in total. The molecule has 5 nitrogen and oxygen atoms in total. The van der Waals surface area contributed by atoms with Crippen LogP contribution in [0.3, 0.4) is 0 Å². The summed E-state index contributed by atoms with van der Waals surface area (Å²) in [6.45, 7) is 4.92. The Bertz CT molecular complexity index is 496. The Morgan fingerprint density at radius 1 is 1.38 bits per heavy atom. The van der Waals surface area contributed by atoms with E-state index in [-0.39, 0.29) is 17.2 Å². The molecule has 1 saturated carbocycles. The predicted molar refractivity (Wildman–Crippen MR) is 83.5 cm³/mol. The Labute approximate surface area is 125 Å². The topological polar surface area (TPSA) is 66.6 Å². The first kappa shape index (κ1) is 15.8. The number of rotatable bonds is 6. The van der Waals surface area contributed by atoms with Crippen molar-refractivity contribution in [1.29, 1.82) is 0 Å². The summed E-state index contributed by atoms with van der Waals surface area (Å²) in [4.78, 5) is 13.3. The molecule has 0 saturated heterocycles. The van der Waals surface area contributed by atoms with Crippen LogP contribution in [0.2, 0.25) is 0 Å². The molecule has 21 heavy (non-hydrogen) atoms. The van der Waals surface area contributed by atoms with Gasteiger partial charge >= 0.3 is 0 Å². The zero-order valence-corrected chi connectivity index (χ0v) is 12.8. The summed E-state index contributed by atoms with van der Waals surface area (Å²) in [5.41, 5.74) is 1.38. The van der Waals surface area contributed by atoms with Crippen molar-refractivity contribution in [3.63, 3.8) is 0 Å². The third-order valence-electron chi connectivity index (χ3n) is 4.06. The number of nitro benzene ring substituents is 1. The Morgan fingerprint density at radius 3 is 2.57 bits per heavy atom. The van der Waals surface area contributed by atoms with Gasteiger partial charge in [-0.05, 0) is 30.4 Å². The maximum absolute atomic E-state index is 11.4. The summed E-state index contributed by atoms with van der Waals surface area (Å²) in [5, 5.41) is 20.6. The van der Waals surface area contributed by atoms with Crippen molar-refractivity contribution >= 4 is 11.4 Å². The first-order chi connectivity index (χ1) is 10.0. The molecule has 1 aromatic rings. The van der Waals surface area contributed by atoms with Crippen LogP contribution >= 0.6 is 0 Å². The van der Waals surface area contributed by atoms with Gasteiger partial charge in [0, 0.05) is 18.7 Å². The van der Waals surface area contributed by atoms with E-state index in [9.17, 15) is 15.2 Å². The second-order valence-electron chi connectivity index (χ2n) is 6.22. The summed E-state index contributed by atoms with van der Waals surface area (Å²) in [6, 6.07) is 5.47. The molecule has 0 amide bonds. The van der Waals surface area contributed by atoms with Gasteiger partial charge in [-0.15, -0.1) is 0 Å². The smallest absolute Gasteiger partial charge is 0.292 e. The summed E-state index contributed by atoms with van der Waals surface area (Å²) in [6.07, 6.45) is 4.60. The lowest BCUT2D eigenvalue weighted by Crippen LogP contribution is -2.36. The van der Waals surface area contributed by atoms with Crippen LogP contribution in [0.5, 0.6) is 0 Å². The van der Waals surface area contributed by atoms with Crippen molar-refractivity contribution in [1.82, 2.24) is 0 Å². The van der Waals surface area contributed by atoms with Gasteiger partial charge in [-0.3, -0.25) is 10.1 Å². The van der Waals surface area contributed by atoms with Gasteiger partial charge in [-0.1, -0.05) is 32.8 Å². The number of hydrogen-bond donors (Lipinski definition) is 1. The summed E-state index contributed by atoms with van der Waals surface area (Å²) in [7, 11) is 0. The molecule has 0 atom stereocenters. The molecular weight excluding hydrogens is 268 g/mol. The highest BCUT2D eigenvalue weighted by Crippen LogP contribution is 2.35. The predicted octanol–water partition coefficient (Wildman–Crippen LogP) is 3.49. The first-order valence-electron chi connectivity index (χ1n) is 7.67. The zero-order chi connectivity index (χ0) is 15.4. The molecule has 0 radical (unpaired) electrons. The Balaban J connectivity index is 2.40. The molecule has 0 unspecified atom stereocenters. The molecule has 1 aromatic carbocycles. The van der Waals surface area contributed by atoms with Crippen LogP contribution in [0.15, 0.2) is 18.2 Å². The maximum atomic E-state index is 11.4. The number of nitrogens with zero attached hydrogens (tertiary/aromatic N) is 2. The Kier molecular flexibility index (Phi) is 5.17. The van der Waals surface area contributed by atoms with Gasteiger partial charge in [0.15, 0.2) is 0 Å². The van der Waals surface area contributed by atoms with Crippen molar-refractivity contribution in [2.24, 2.45) is 5.92 Å². The second kappa shape index (κ2) is 6.89. The fourth-order valence-electron chi connectivity index (χ4n) is 3.11. The third kappa shape index (κ3) is 3.73. The van der Waals surface area contributed by atoms with E-state index in [0.717, 1.165) is 19.4 Å². The highest BCUT2D eigenvalue weighted by atomic mass is 16.6. The average Bonchev–Trinajstić information content (AvgIpc) is 2.98. The standard InChI is InChI=1S/C16H24N2O3/c1-12(2)10-17(14-5-3-4-6-14)15-8-7-13(11-19)9-16(15)18(20)21/h7-9,12,14,19H,3-6,10-11H2,1-2H3. The summed E-state index contributed by atoms with van der Waals surface area (Å²) in [5.74, 6) is 0.447. The number of hydrogen-bond acceptors (Lipinski definition) is 4. The van der Waals surface area contributed by atoms with Crippen LogP contribution in [0.25, 0.3) is 0 Å². The molecule has 0 spiro atoms. The minimum Gasteiger partial charge on any atom is -0.392 e. The molecule has 5 heteroatoms. The molecular formula is C16H24N2O3. The van der Waals surface area contributed by atoms with Crippen LogP contribution in [-0.2, 0) is 6.61 Å². The molecule has 0 aromatic heterocycles. The molecule has 1 aliphatic carbocycles. The molecule has 1 fully saturated rings.